The number of nitrogens with two attached hydrogens (primary N) is 1. The molecule has 1 aliphatic heterocycles. The van der Waals surface area contributed by atoms with E-state index in [1.807, 2.05) is 26.8 Å². The van der Waals surface area contributed by atoms with Crippen LogP contribution in [0, 0.1) is 6.92 Å². The van der Waals surface area contributed by atoms with Gasteiger partial charge in [0.1, 0.15) is 9.71 Å². The van der Waals surface area contributed by atoms with E-state index in [1.165, 1.54) is 11.3 Å². The number of anilines is 1. The number of nitrogens with one attached hydrogen (secondary N) is 1. The molecule has 3 N–H and O–H groups in total. The highest BCUT2D eigenvalue weighted by atomic mass is 32.1. The van der Waals surface area contributed by atoms with Gasteiger partial charge in [-0.2, -0.15) is 0 Å². The summed E-state index contributed by atoms with van der Waals surface area (Å²) in [5.74, 6) is -0.144. The number of nitrogens with zero attached hydrogens (tertiary/aromatic N) is 1. The second-order valence-electron chi connectivity index (χ2n) is 5.79. The molecule has 0 radical (unpaired) electrons. The minimum atomic E-state index is -0.345. The van der Waals surface area contributed by atoms with Crippen molar-refractivity contribution in [3.05, 3.63) is 22.7 Å². The molecule has 1 fully saturated rings. The van der Waals surface area contributed by atoms with Crippen LogP contribution in [-0.4, -0.2) is 29.1 Å². The van der Waals surface area contributed by atoms with Crippen LogP contribution in [0.4, 0.5) is 5.69 Å². The summed E-state index contributed by atoms with van der Waals surface area (Å²) in [5, 5.41) is 3.96. The fourth-order valence-electron chi connectivity index (χ4n) is 2.69. The molecule has 1 amide bonds. The van der Waals surface area contributed by atoms with Crippen LogP contribution in [0.2, 0.25) is 0 Å². The number of fused-ring (bicyclic) bond motifs is 1. The molecular formula is C15H19N3O2S. The number of amides is 1. The smallest absolute Gasteiger partial charge is 0.264 e. The molecule has 1 aliphatic rings. The van der Waals surface area contributed by atoms with E-state index < -0.39 is 0 Å². The number of ether oxygens (including phenoxy) is 1. The highest BCUT2D eigenvalue weighted by Gasteiger charge is 2.39. The van der Waals surface area contributed by atoms with E-state index in [4.69, 9.17) is 10.5 Å². The minimum Gasteiger partial charge on any atom is -0.397 e. The van der Waals surface area contributed by atoms with Gasteiger partial charge >= 0.3 is 0 Å². The Kier molecular flexibility index (Phi) is 3.37. The molecule has 112 valence electrons. The lowest BCUT2D eigenvalue weighted by atomic mass is 9.94. The molecule has 0 saturated carbocycles. The number of nitrogen functional groups attached to an aromatic ring is 1. The number of hydrogen-bond donors (Lipinski definition) is 2. The summed E-state index contributed by atoms with van der Waals surface area (Å²) >= 11 is 1.34. The average Bonchev–Trinajstić information content (AvgIpc) is 2.92. The average molecular weight is 305 g/mol. The van der Waals surface area contributed by atoms with Gasteiger partial charge < -0.3 is 15.8 Å². The van der Waals surface area contributed by atoms with Gasteiger partial charge in [0.2, 0.25) is 0 Å². The topological polar surface area (TPSA) is 77.2 Å². The second kappa shape index (κ2) is 4.96. The lowest BCUT2D eigenvalue weighted by molar-refractivity contribution is 0.0731. The van der Waals surface area contributed by atoms with Crippen LogP contribution >= 0.6 is 11.3 Å². The van der Waals surface area contributed by atoms with E-state index in [9.17, 15) is 4.79 Å². The first kappa shape index (κ1) is 14.3. The summed E-state index contributed by atoms with van der Waals surface area (Å²) < 4.78 is 5.56. The van der Waals surface area contributed by atoms with Crippen LogP contribution in [0.25, 0.3) is 10.2 Å². The van der Waals surface area contributed by atoms with Crippen LogP contribution in [0.1, 0.15) is 35.5 Å². The van der Waals surface area contributed by atoms with Crippen molar-refractivity contribution in [3.8, 4) is 0 Å². The second-order valence-corrected chi connectivity index (χ2v) is 6.79. The summed E-state index contributed by atoms with van der Waals surface area (Å²) in [6.45, 7) is 6.63. The first-order chi connectivity index (χ1) is 9.92. The van der Waals surface area contributed by atoms with Gasteiger partial charge in [0.15, 0.2) is 0 Å². The fourth-order valence-corrected chi connectivity index (χ4v) is 3.72. The molecule has 0 aliphatic carbocycles. The molecule has 2 aromatic rings. The quantitative estimate of drug-likeness (QED) is 0.893. The number of thiophene rings is 1. The van der Waals surface area contributed by atoms with Crippen molar-refractivity contribution >= 4 is 33.1 Å². The molecule has 0 aromatic carbocycles. The zero-order chi connectivity index (χ0) is 15.2. The first-order valence-electron chi connectivity index (χ1n) is 7.00. The van der Waals surface area contributed by atoms with Crippen molar-refractivity contribution in [2.75, 3.05) is 12.3 Å². The van der Waals surface area contributed by atoms with E-state index in [-0.39, 0.29) is 17.6 Å². The van der Waals surface area contributed by atoms with Crippen LogP contribution in [-0.2, 0) is 4.74 Å². The van der Waals surface area contributed by atoms with Crippen molar-refractivity contribution < 1.29 is 9.53 Å². The summed E-state index contributed by atoms with van der Waals surface area (Å²) in [7, 11) is 0. The first-order valence-corrected chi connectivity index (χ1v) is 7.82. The summed E-state index contributed by atoms with van der Waals surface area (Å²) in [6.07, 6.45) is 2.54. The van der Waals surface area contributed by atoms with Gasteiger partial charge in [0.05, 0.1) is 17.3 Å². The molecule has 6 heteroatoms. The molecule has 3 heterocycles. The van der Waals surface area contributed by atoms with Crippen molar-refractivity contribution in [2.24, 2.45) is 0 Å². The highest BCUT2D eigenvalue weighted by molar-refractivity contribution is 7.21. The zero-order valence-electron chi connectivity index (χ0n) is 12.4. The molecule has 2 atom stereocenters. The number of carbonyl (C=O) groups is 1. The number of carbonyl (C=O) groups excluding carboxylic acids is 1. The third-order valence-electron chi connectivity index (χ3n) is 4.33. The largest absolute Gasteiger partial charge is 0.397 e. The van der Waals surface area contributed by atoms with Crippen molar-refractivity contribution in [2.45, 2.75) is 38.8 Å². The third kappa shape index (κ3) is 2.28. The van der Waals surface area contributed by atoms with Gasteiger partial charge in [0.25, 0.3) is 5.91 Å². The van der Waals surface area contributed by atoms with E-state index in [2.05, 4.69) is 10.3 Å². The Labute approximate surface area is 127 Å². The Hall–Kier alpha value is -1.66. The van der Waals surface area contributed by atoms with Crippen LogP contribution < -0.4 is 11.1 Å². The minimum absolute atomic E-state index is 0.00286. The van der Waals surface area contributed by atoms with Gasteiger partial charge in [-0.15, -0.1) is 11.3 Å². The molecule has 2 unspecified atom stereocenters. The normalized spacial score (nSPS) is 25.4. The number of pyridine rings is 1. The van der Waals surface area contributed by atoms with Crippen molar-refractivity contribution in [3.63, 3.8) is 0 Å². The Morgan fingerprint density at radius 2 is 2.38 bits per heavy atom. The SMILES string of the molecule is Cc1ccnc2sc(C(=O)NC3(C)CCOC3C)c(N)c12. The molecule has 5 nitrogen and oxygen atoms in total. The summed E-state index contributed by atoms with van der Waals surface area (Å²) in [6, 6.07) is 1.90. The number of aromatic nitrogens is 1. The number of hydrogen-bond acceptors (Lipinski definition) is 5. The van der Waals surface area contributed by atoms with Crippen molar-refractivity contribution in [1.82, 2.24) is 10.3 Å². The number of rotatable bonds is 2. The fraction of sp³-hybridized carbons (Fsp3) is 0.467. The summed E-state index contributed by atoms with van der Waals surface area (Å²) in [4.78, 5) is 18.2. The molecule has 3 rings (SSSR count). The Morgan fingerprint density at radius 1 is 1.62 bits per heavy atom. The monoisotopic (exact) mass is 305 g/mol. The standard InChI is InChI=1S/C15H19N3O2S/c1-8-4-6-17-14-10(8)11(16)12(21-14)13(19)18-15(3)5-7-20-9(15)2/h4,6,9H,5,7,16H2,1-3H3,(H,18,19). The molecule has 0 spiro atoms. The Morgan fingerprint density at radius 3 is 3.00 bits per heavy atom. The van der Waals surface area contributed by atoms with Gasteiger partial charge in [0, 0.05) is 18.2 Å². The molecular weight excluding hydrogens is 286 g/mol. The molecule has 21 heavy (non-hydrogen) atoms. The summed E-state index contributed by atoms with van der Waals surface area (Å²) in [5.41, 5.74) is 7.39. The lowest BCUT2D eigenvalue weighted by Gasteiger charge is -2.28. The van der Waals surface area contributed by atoms with E-state index >= 15 is 0 Å². The Balaban J connectivity index is 1.95. The van der Waals surface area contributed by atoms with E-state index in [1.54, 1.807) is 6.20 Å². The van der Waals surface area contributed by atoms with Crippen LogP contribution in [0.15, 0.2) is 12.3 Å². The zero-order valence-corrected chi connectivity index (χ0v) is 13.2. The predicted molar refractivity (Wildman–Crippen MR) is 84.7 cm³/mol. The highest BCUT2D eigenvalue weighted by Crippen LogP contribution is 2.35. The maximum atomic E-state index is 12.6. The van der Waals surface area contributed by atoms with Gasteiger partial charge in [-0.1, -0.05) is 0 Å². The molecule has 2 aromatic heterocycles. The van der Waals surface area contributed by atoms with Gasteiger partial charge in [-0.3, -0.25) is 4.79 Å². The lowest BCUT2D eigenvalue weighted by Crippen LogP contribution is -2.50. The van der Waals surface area contributed by atoms with Gasteiger partial charge in [-0.05, 0) is 38.8 Å². The van der Waals surface area contributed by atoms with Crippen molar-refractivity contribution in [1.29, 1.82) is 0 Å². The predicted octanol–water partition coefficient (Wildman–Crippen LogP) is 2.48. The third-order valence-corrected chi connectivity index (χ3v) is 5.44. The van der Waals surface area contributed by atoms with Gasteiger partial charge in [-0.25, -0.2) is 4.98 Å². The van der Waals surface area contributed by atoms with Crippen LogP contribution in [0.5, 0.6) is 0 Å². The maximum absolute atomic E-state index is 12.6. The van der Waals surface area contributed by atoms with Crippen LogP contribution in [0.3, 0.4) is 0 Å². The Bertz CT molecular complexity index is 712. The van der Waals surface area contributed by atoms with E-state index in [0.717, 1.165) is 22.2 Å². The molecule has 1 saturated heterocycles. The molecule has 0 bridgehead atoms. The van der Waals surface area contributed by atoms with E-state index in [0.29, 0.717) is 17.2 Å². The number of aryl methyl sites for hydroxylation is 1. The maximum Gasteiger partial charge on any atom is 0.264 e.